The van der Waals surface area contributed by atoms with E-state index in [0.29, 0.717) is 17.9 Å². The van der Waals surface area contributed by atoms with Gasteiger partial charge in [0.2, 0.25) is 5.79 Å². The monoisotopic (exact) mass is 401 g/mol. The quantitative estimate of drug-likeness (QED) is 0.239. The molecule has 5 unspecified atom stereocenters. The summed E-state index contributed by atoms with van der Waals surface area (Å²) in [7, 11) is 0. The molecule has 0 saturated heterocycles. The maximum atomic E-state index is 11.9. The molecule has 1 aliphatic rings. The highest BCUT2D eigenvalue weighted by atomic mass is 16.7. The van der Waals surface area contributed by atoms with Crippen molar-refractivity contribution in [3.63, 3.8) is 0 Å². The fourth-order valence-corrected chi connectivity index (χ4v) is 2.74. The summed E-state index contributed by atoms with van der Waals surface area (Å²) in [4.78, 5) is 11.9. The number of carbonyl (C=O) groups excluding carboxylic acids is 1. The minimum absolute atomic E-state index is 0.129. The number of fused-ring (bicyclic) bond motifs is 1. The van der Waals surface area contributed by atoms with E-state index in [-0.39, 0.29) is 6.54 Å². The molecule has 0 aromatic heterocycles. The summed E-state index contributed by atoms with van der Waals surface area (Å²) in [5.41, 5.74) is 0.844. The summed E-state index contributed by atoms with van der Waals surface area (Å²) in [5.74, 6) is -0.498. The van der Waals surface area contributed by atoms with Gasteiger partial charge in [0, 0.05) is 20.4 Å². The van der Waals surface area contributed by atoms with Crippen LogP contribution in [0.1, 0.15) is 19.4 Å². The maximum Gasteiger partial charge on any atom is 0.251 e. The molecule has 1 aromatic carbocycles. The molecule has 28 heavy (non-hydrogen) atoms. The van der Waals surface area contributed by atoms with Gasteiger partial charge in [-0.05, 0) is 24.1 Å². The minimum atomic E-state index is -2.05. The molecule has 5 atom stereocenters. The molecule has 10 heteroatoms. The van der Waals surface area contributed by atoms with Gasteiger partial charge in [-0.2, -0.15) is 0 Å². The zero-order valence-electron chi connectivity index (χ0n) is 15.6. The average molecular weight is 401 g/mol. The van der Waals surface area contributed by atoms with Gasteiger partial charge >= 0.3 is 0 Å². The van der Waals surface area contributed by atoms with E-state index in [4.69, 9.17) is 14.6 Å². The predicted molar refractivity (Wildman–Crippen MR) is 95.6 cm³/mol. The second-order valence-electron chi connectivity index (χ2n) is 7.09. The molecule has 1 aromatic rings. The SMILES string of the molecule is CC1(C)Oc2ccc(CCNC(=O)C(O)C(O)C(O)C(O)C(O)CO)cc2O1. The molecular weight excluding hydrogens is 374 g/mol. The van der Waals surface area contributed by atoms with Crippen LogP contribution in [0.2, 0.25) is 0 Å². The van der Waals surface area contributed by atoms with Crippen molar-refractivity contribution < 1.29 is 44.9 Å². The Bertz CT molecular complexity index is 681. The Kier molecular flexibility index (Phi) is 7.21. The summed E-state index contributed by atoms with van der Waals surface area (Å²) in [5, 5.41) is 59.3. The fourth-order valence-electron chi connectivity index (χ4n) is 2.74. The van der Waals surface area contributed by atoms with Gasteiger partial charge in [-0.15, -0.1) is 0 Å². The summed E-state index contributed by atoms with van der Waals surface area (Å²) in [6, 6.07) is 5.33. The largest absolute Gasteiger partial charge is 0.449 e. The Labute approximate surface area is 162 Å². The van der Waals surface area contributed by atoms with Crippen LogP contribution in [0.25, 0.3) is 0 Å². The third kappa shape index (κ3) is 5.31. The molecule has 0 spiro atoms. The standard InChI is InChI=1S/C18H27NO9/c1-18(2)27-11-4-3-9(7-12(11)28-18)5-6-19-17(26)16(25)15(24)14(23)13(22)10(21)8-20/h3-4,7,10,13-16,20-25H,5-6,8H2,1-2H3,(H,19,26). The molecule has 1 heterocycles. The van der Waals surface area contributed by atoms with Crippen molar-refractivity contribution in [2.75, 3.05) is 13.2 Å². The summed E-state index contributed by atoms with van der Waals surface area (Å²) in [6.07, 6.45) is -9.37. The van der Waals surface area contributed by atoms with Crippen molar-refractivity contribution in [3.05, 3.63) is 23.8 Å². The number of aliphatic hydroxyl groups excluding tert-OH is 6. The zero-order chi connectivity index (χ0) is 21.1. The Morgan fingerprint density at radius 3 is 2.32 bits per heavy atom. The number of aliphatic hydroxyl groups is 6. The van der Waals surface area contributed by atoms with Crippen LogP contribution in [-0.4, -0.2) is 86.0 Å². The van der Waals surface area contributed by atoms with Crippen molar-refractivity contribution in [2.24, 2.45) is 0 Å². The van der Waals surface area contributed by atoms with E-state index in [9.17, 15) is 30.3 Å². The molecule has 2 rings (SSSR count). The minimum Gasteiger partial charge on any atom is -0.449 e. The van der Waals surface area contributed by atoms with Crippen molar-refractivity contribution in [2.45, 2.75) is 56.6 Å². The molecule has 0 bridgehead atoms. The molecule has 7 N–H and O–H groups in total. The molecule has 10 nitrogen and oxygen atoms in total. The third-order valence-corrected chi connectivity index (χ3v) is 4.31. The van der Waals surface area contributed by atoms with Gasteiger partial charge in [0.1, 0.15) is 24.4 Å². The molecule has 1 aliphatic heterocycles. The van der Waals surface area contributed by atoms with Gasteiger partial charge in [-0.3, -0.25) is 4.79 Å². The highest BCUT2D eigenvalue weighted by Crippen LogP contribution is 2.39. The number of ether oxygens (including phenoxy) is 2. The van der Waals surface area contributed by atoms with Gasteiger partial charge < -0.3 is 45.4 Å². The maximum absolute atomic E-state index is 11.9. The van der Waals surface area contributed by atoms with E-state index in [2.05, 4.69) is 5.32 Å². The smallest absolute Gasteiger partial charge is 0.251 e. The Morgan fingerprint density at radius 1 is 1.04 bits per heavy atom. The van der Waals surface area contributed by atoms with E-state index in [0.717, 1.165) is 5.56 Å². The van der Waals surface area contributed by atoms with E-state index in [1.807, 2.05) is 0 Å². The normalized spacial score (nSPS) is 20.1. The van der Waals surface area contributed by atoms with Crippen LogP contribution >= 0.6 is 0 Å². The first-order valence-electron chi connectivity index (χ1n) is 8.85. The van der Waals surface area contributed by atoms with Crippen molar-refractivity contribution in [1.29, 1.82) is 0 Å². The van der Waals surface area contributed by atoms with Crippen LogP contribution in [0.5, 0.6) is 11.5 Å². The molecule has 0 saturated carbocycles. The number of hydrogen-bond acceptors (Lipinski definition) is 9. The predicted octanol–water partition coefficient (Wildman–Crippen LogP) is -2.35. The van der Waals surface area contributed by atoms with E-state index in [1.165, 1.54) is 0 Å². The first-order valence-corrected chi connectivity index (χ1v) is 8.85. The van der Waals surface area contributed by atoms with Crippen molar-refractivity contribution in [1.82, 2.24) is 5.32 Å². The fraction of sp³-hybridized carbons (Fsp3) is 0.611. The number of benzene rings is 1. The Hall–Kier alpha value is -1.95. The van der Waals surface area contributed by atoms with Gasteiger partial charge in [0.05, 0.1) is 6.61 Å². The molecule has 1 amide bonds. The van der Waals surface area contributed by atoms with E-state index >= 15 is 0 Å². The number of amides is 1. The number of rotatable bonds is 9. The number of carbonyl (C=O) groups is 1. The van der Waals surface area contributed by atoms with Crippen LogP contribution in [0.3, 0.4) is 0 Å². The Balaban J connectivity index is 1.84. The lowest BCUT2D eigenvalue weighted by Gasteiger charge is -2.27. The average Bonchev–Trinajstić information content (AvgIpc) is 2.97. The summed E-state index contributed by atoms with van der Waals surface area (Å²) >= 11 is 0. The second kappa shape index (κ2) is 9.03. The lowest BCUT2D eigenvalue weighted by Crippen LogP contribution is -2.54. The van der Waals surface area contributed by atoms with Gasteiger partial charge in [0.25, 0.3) is 5.91 Å². The topological polar surface area (TPSA) is 169 Å². The van der Waals surface area contributed by atoms with Crippen LogP contribution in [0.15, 0.2) is 18.2 Å². The molecule has 0 fully saturated rings. The molecule has 0 radical (unpaired) electrons. The first-order chi connectivity index (χ1) is 13.1. The second-order valence-corrected chi connectivity index (χ2v) is 7.09. The van der Waals surface area contributed by atoms with Crippen LogP contribution in [0, 0.1) is 0 Å². The molecule has 0 aliphatic carbocycles. The van der Waals surface area contributed by atoms with Gasteiger partial charge in [-0.25, -0.2) is 0 Å². The van der Waals surface area contributed by atoms with Crippen LogP contribution in [-0.2, 0) is 11.2 Å². The van der Waals surface area contributed by atoms with Crippen LogP contribution in [0.4, 0.5) is 0 Å². The molecule has 158 valence electrons. The highest BCUT2D eigenvalue weighted by molar-refractivity contribution is 5.81. The van der Waals surface area contributed by atoms with E-state index in [1.54, 1.807) is 32.0 Å². The molecular formula is C18H27NO9. The van der Waals surface area contributed by atoms with Crippen LogP contribution < -0.4 is 14.8 Å². The zero-order valence-corrected chi connectivity index (χ0v) is 15.6. The lowest BCUT2D eigenvalue weighted by atomic mass is 9.99. The third-order valence-electron chi connectivity index (χ3n) is 4.31. The lowest BCUT2D eigenvalue weighted by molar-refractivity contribution is -0.156. The Morgan fingerprint density at radius 2 is 1.68 bits per heavy atom. The summed E-state index contributed by atoms with van der Waals surface area (Å²) < 4.78 is 11.2. The van der Waals surface area contributed by atoms with E-state index < -0.39 is 48.8 Å². The first kappa shape index (κ1) is 22.3. The van der Waals surface area contributed by atoms with Gasteiger partial charge in [0.15, 0.2) is 17.6 Å². The number of hydrogen-bond donors (Lipinski definition) is 7. The number of nitrogens with one attached hydrogen (secondary N) is 1. The van der Waals surface area contributed by atoms with Crippen molar-refractivity contribution >= 4 is 5.91 Å². The van der Waals surface area contributed by atoms with Crippen molar-refractivity contribution in [3.8, 4) is 11.5 Å². The summed E-state index contributed by atoms with van der Waals surface area (Å²) in [6.45, 7) is 2.83. The van der Waals surface area contributed by atoms with Gasteiger partial charge in [-0.1, -0.05) is 6.07 Å². The highest BCUT2D eigenvalue weighted by Gasteiger charge is 2.37.